The van der Waals surface area contributed by atoms with Crippen molar-refractivity contribution in [2.24, 2.45) is 0 Å². The predicted molar refractivity (Wildman–Crippen MR) is 90.6 cm³/mol. The van der Waals surface area contributed by atoms with Gasteiger partial charge in [0.05, 0.1) is 11.3 Å². The van der Waals surface area contributed by atoms with Gasteiger partial charge in [0.1, 0.15) is 5.37 Å². The fourth-order valence-corrected chi connectivity index (χ4v) is 3.79. The Kier molecular flexibility index (Phi) is 4.59. The molecule has 1 amide bonds. The van der Waals surface area contributed by atoms with Crippen molar-refractivity contribution >= 4 is 35.2 Å². The maximum Gasteiger partial charge on any atom is 0.335 e. The molecule has 23 heavy (non-hydrogen) atoms. The zero-order valence-corrected chi connectivity index (χ0v) is 13.7. The fraction of sp³-hybridized carbons (Fsp3) is 0.176. The number of hydrogen-bond acceptors (Lipinski definition) is 3. The molecule has 0 unspecified atom stereocenters. The lowest BCUT2D eigenvalue weighted by Gasteiger charge is -2.24. The van der Waals surface area contributed by atoms with Crippen molar-refractivity contribution in [1.29, 1.82) is 0 Å². The molecule has 1 saturated heterocycles. The number of rotatable bonds is 4. The predicted octanol–water partition coefficient (Wildman–Crippen LogP) is 3.81. The molecule has 6 heteroatoms. The molecule has 1 atom stereocenters. The highest BCUT2D eigenvalue weighted by atomic mass is 35.5. The Labute approximate surface area is 143 Å². The normalized spacial score (nSPS) is 17.5. The number of hydrogen-bond donors (Lipinski definition) is 1. The average Bonchev–Trinajstić information content (AvgIpc) is 2.91. The van der Waals surface area contributed by atoms with Crippen LogP contribution in [0, 0.1) is 0 Å². The van der Waals surface area contributed by atoms with Crippen LogP contribution in [0.25, 0.3) is 0 Å². The van der Waals surface area contributed by atoms with E-state index in [0.717, 1.165) is 11.1 Å². The molecule has 1 fully saturated rings. The summed E-state index contributed by atoms with van der Waals surface area (Å²) in [4.78, 5) is 24.9. The van der Waals surface area contributed by atoms with Gasteiger partial charge in [-0.1, -0.05) is 35.9 Å². The number of carboxylic acid groups (broad SMARTS) is 1. The maximum atomic E-state index is 12.2. The summed E-state index contributed by atoms with van der Waals surface area (Å²) in [5, 5.41) is 9.54. The van der Waals surface area contributed by atoms with Gasteiger partial charge in [-0.25, -0.2) is 4.79 Å². The minimum absolute atomic E-state index is 0.0808. The molecular formula is C17H14ClNO3S. The second-order valence-electron chi connectivity index (χ2n) is 5.24. The van der Waals surface area contributed by atoms with Crippen LogP contribution in [0.4, 0.5) is 0 Å². The van der Waals surface area contributed by atoms with Crippen molar-refractivity contribution in [3.63, 3.8) is 0 Å². The number of carbonyl (C=O) groups is 2. The van der Waals surface area contributed by atoms with Gasteiger partial charge >= 0.3 is 5.97 Å². The van der Waals surface area contributed by atoms with Crippen LogP contribution in [-0.4, -0.2) is 27.6 Å². The zero-order valence-electron chi connectivity index (χ0n) is 12.1. The lowest BCUT2D eigenvalue weighted by Crippen LogP contribution is -2.27. The van der Waals surface area contributed by atoms with Crippen LogP contribution in [0.1, 0.15) is 26.9 Å². The molecule has 0 bridgehead atoms. The molecule has 1 N–H and O–H groups in total. The Balaban J connectivity index is 1.81. The van der Waals surface area contributed by atoms with Gasteiger partial charge in [-0.3, -0.25) is 4.79 Å². The van der Waals surface area contributed by atoms with E-state index in [9.17, 15) is 9.59 Å². The van der Waals surface area contributed by atoms with Crippen LogP contribution >= 0.6 is 23.4 Å². The van der Waals surface area contributed by atoms with Crippen LogP contribution in [0.5, 0.6) is 0 Å². The zero-order chi connectivity index (χ0) is 16.4. The number of amides is 1. The van der Waals surface area contributed by atoms with E-state index < -0.39 is 5.97 Å². The third-order valence-corrected chi connectivity index (χ3v) is 5.19. The highest BCUT2D eigenvalue weighted by Gasteiger charge is 2.32. The molecule has 2 aromatic rings. The monoisotopic (exact) mass is 347 g/mol. The molecule has 1 aliphatic rings. The van der Waals surface area contributed by atoms with Crippen molar-refractivity contribution in [3.05, 3.63) is 70.2 Å². The summed E-state index contributed by atoms with van der Waals surface area (Å²) >= 11 is 7.44. The fourth-order valence-electron chi connectivity index (χ4n) is 2.48. The lowest BCUT2D eigenvalue weighted by atomic mass is 10.1. The third-order valence-electron chi connectivity index (χ3n) is 3.68. The molecule has 0 aromatic heterocycles. The standard InChI is InChI=1S/C17H14ClNO3S/c18-14-7-1-11(2-8-14)9-19-15(20)10-23-16(19)12-3-5-13(6-4-12)17(21)22/h1-8,16H,9-10H2,(H,21,22)/t16-/m1/s1. The lowest BCUT2D eigenvalue weighted by molar-refractivity contribution is -0.128. The van der Waals surface area contributed by atoms with E-state index in [-0.39, 0.29) is 16.8 Å². The van der Waals surface area contributed by atoms with Crippen LogP contribution in [0.15, 0.2) is 48.5 Å². The number of halogens is 1. The number of aromatic carboxylic acids is 1. The highest BCUT2D eigenvalue weighted by molar-refractivity contribution is 8.00. The Hall–Kier alpha value is -1.98. The van der Waals surface area contributed by atoms with Crippen LogP contribution in [0.3, 0.4) is 0 Å². The van der Waals surface area contributed by atoms with Crippen LogP contribution < -0.4 is 0 Å². The van der Waals surface area contributed by atoms with E-state index >= 15 is 0 Å². The van der Waals surface area contributed by atoms with Crippen LogP contribution in [0.2, 0.25) is 5.02 Å². The first kappa shape index (κ1) is 15.9. The molecule has 1 aliphatic heterocycles. The molecule has 2 aromatic carbocycles. The minimum atomic E-state index is -0.954. The van der Waals surface area contributed by atoms with E-state index in [1.54, 1.807) is 48.2 Å². The minimum Gasteiger partial charge on any atom is -0.478 e. The van der Waals surface area contributed by atoms with Gasteiger partial charge in [-0.15, -0.1) is 11.8 Å². The molecule has 0 radical (unpaired) electrons. The summed E-state index contributed by atoms with van der Waals surface area (Å²) in [6, 6.07) is 14.1. The van der Waals surface area contributed by atoms with E-state index in [2.05, 4.69) is 0 Å². The Morgan fingerprint density at radius 2 is 1.83 bits per heavy atom. The van der Waals surface area contributed by atoms with E-state index in [1.165, 1.54) is 0 Å². The Bertz CT molecular complexity index is 731. The number of thioether (sulfide) groups is 1. The molecular weight excluding hydrogens is 334 g/mol. The van der Waals surface area contributed by atoms with Crippen molar-refractivity contribution in [3.8, 4) is 0 Å². The highest BCUT2D eigenvalue weighted by Crippen LogP contribution is 2.39. The molecule has 0 spiro atoms. The maximum absolute atomic E-state index is 12.2. The largest absolute Gasteiger partial charge is 0.478 e. The molecule has 1 heterocycles. The molecule has 118 valence electrons. The van der Waals surface area contributed by atoms with Gasteiger partial charge in [-0.05, 0) is 35.4 Å². The summed E-state index contributed by atoms with van der Waals surface area (Å²) < 4.78 is 0. The summed E-state index contributed by atoms with van der Waals surface area (Å²) in [6.45, 7) is 0.508. The Morgan fingerprint density at radius 1 is 1.17 bits per heavy atom. The van der Waals surface area contributed by atoms with Gasteiger partial charge in [0.15, 0.2) is 0 Å². The van der Waals surface area contributed by atoms with Crippen LogP contribution in [-0.2, 0) is 11.3 Å². The second kappa shape index (κ2) is 6.64. The first-order valence-corrected chi connectivity index (χ1v) is 8.46. The summed E-state index contributed by atoms with van der Waals surface area (Å²) in [5.41, 5.74) is 2.18. The average molecular weight is 348 g/mol. The molecule has 3 rings (SSSR count). The Morgan fingerprint density at radius 3 is 2.43 bits per heavy atom. The topological polar surface area (TPSA) is 57.6 Å². The van der Waals surface area contributed by atoms with E-state index in [1.807, 2.05) is 17.0 Å². The van der Waals surface area contributed by atoms with E-state index in [0.29, 0.717) is 17.3 Å². The SMILES string of the molecule is O=C(O)c1ccc([C@H]2SCC(=O)N2Cc2ccc(Cl)cc2)cc1. The smallest absolute Gasteiger partial charge is 0.335 e. The van der Waals surface area contributed by atoms with Gasteiger partial charge in [-0.2, -0.15) is 0 Å². The van der Waals surface area contributed by atoms with Gasteiger partial charge < -0.3 is 10.0 Å². The number of carboxylic acids is 1. The van der Waals surface area contributed by atoms with Crippen molar-refractivity contribution < 1.29 is 14.7 Å². The molecule has 0 saturated carbocycles. The van der Waals surface area contributed by atoms with Crippen molar-refractivity contribution in [2.75, 3.05) is 5.75 Å². The van der Waals surface area contributed by atoms with Crippen molar-refractivity contribution in [1.82, 2.24) is 4.90 Å². The third kappa shape index (κ3) is 3.51. The number of benzene rings is 2. The quantitative estimate of drug-likeness (QED) is 0.913. The van der Waals surface area contributed by atoms with Crippen molar-refractivity contribution in [2.45, 2.75) is 11.9 Å². The number of nitrogens with zero attached hydrogens (tertiary/aromatic N) is 1. The van der Waals surface area contributed by atoms with Gasteiger partial charge in [0.2, 0.25) is 5.91 Å². The van der Waals surface area contributed by atoms with Gasteiger partial charge in [0, 0.05) is 11.6 Å². The molecule has 0 aliphatic carbocycles. The summed E-state index contributed by atoms with van der Waals surface area (Å²) in [6.07, 6.45) is 0. The summed E-state index contributed by atoms with van der Waals surface area (Å²) in [5.74, 6) is -0.444. The second-order valence-corrected chi connectivity index (χ2v) is 6.74. The summed E-state index contributed by atoms with van der Waals surface area (Å²) in [7, 11) is 0. The first-order valence-electron chi connectivity index (χ1n) is 7.03. The van der Waals surface area contributed by atoms with E-state index in [4.69, 9.17) is 16.7 Å². The first-order chi connectivity index (χ1) is 11.0. The molecule has 4 nitrogen and oxygen atoms in total. The van der Waals surface area contributed by atoms with Gasteiger partial charge in [0.25, 0.3) is 0 Å². The number of carbonyl (C=O) groups excluding carboxylic acids is 1.